The van der Waals surface area contributed by atoms with Crippen LogP contribution in [-0.2, 0) is 0 Å². The second kappa shape index (κ2) is 5.69. The van der Waals surface area contributed by atoms with Crippen molar-refractivity contribution in [2.45, 2.75) is 19.8 Å². The van der Waals surface area contributed by atoms with Gasteiger partial charge in [0.2, 0.25) is 0 Å². The van der Waals surface area contributed by atoms with E-state index >= 15 is 0 Å². The fourth-order valence-electron chi connectivity index (χ4n) is 1.82. The van der Waals surface area contributed by atoms with Crippen molar-refractivity contribution in [3.05, 3.63) is 42.1 Å². The maximum absolute atomic E-state index is 4.29. The molecule has 0 aliphatic carbocycles. The molecule has 4 heteroatoms. The molecule has 0 amide bonds. The number of aromatic nitrogens is 2. The molecule has 0 fully saturated rings. The van der Waals surface area contributed by atoms with Crippen LogP contribution in [0.5, 0.6) is 0 Å². The highest BCUT2D eigenvalue weighted by Crippen LogP contribution is 2.24. The monoisotopic (exact) mass is 256 g/mol. The summed E-state index contributed by atoms with van der Waals surface area (Å²) >= 11 is 0. The first-order valence-corrected chi connectivity index (χ1v) is 6.47. The number of hydrogen-bond donors (Lipinski definition) is 1. The van der Waals surface area contributed by atoms with Crippen molar-refractivity contribution in [1.29, 1.82) is 0 Å². The van der Waals surface area contributed by atoms with Gasteiger partial charge in [0.25, 0.3) is 0 Å². The van der Waals surface area contributed by atoms with Crippen LogP contribution in [0, 0.1) is 0 Å². The van der Waals surface area contributed by atoms with Gasteiger partial charge in [-0.3, -0.25) is 0 Å². The quantitative estimate of drug-likeness (QED) is 0.910. The Bertz CT molecular complexity index is 534. The summed E-state index contributed by atoms with van der Waals surface area (Å²) in [7, 11) is 3.91. The Morgan fingerprint density at radius 1 is 1.11 bits per heavy atom. The van der Waals surface area contributed by atoms with Crippen molar-refractivity contribution >= 4 is 17.2 Å². The van der Waals surface area contributed by atoms with E-state index in [1.54, 1.807) is 0 Å². The van der Waals surface area contributed by atoms with Crippen LogP contribution in [0.3, 0.4) is 0 Å². The van der Waals surface area contributed by atoms with Crippen LogP contribution in [0.25, 0.3) is 0 Å². The van der Waals surface area contributed by atoms with Gasteiger partial charge in [-0.2, -0.15) is 5.10 Å². The minimum absolute atomic E-state index is 0.402. The van der Waals surface area contributed by atoms with E-state index in [9.17, 15) is 0 Å². The maximum Gasteiger partial charge on any atom is 0.155 e. The molecule has 100 valence electrons. The minimum atomic E-state index is 0.402. The number of rotatable bonds is 4. The predicted molar refractivity (Wildman–Crippen MR) is 80.2 cm³/mol. The van der Waals surface area contributed by atoms with Gasteiger partial charge in [0.15, 0.2) is 5.82 Å². The van der Waals surface area contributed by atoms with Crippen LogP contribution in [0.1, 0.15) is 25.5 Å². The Labute approximate surface area is 114 Å². The summed E-state index contributed by atoms with van der Waals surface area (Å²) in [5, 5.41) is 11.7. The molecule has 0 radical (unpaired) electrons. The van der Waals surface area contributed by atoms with E-state index in [1.165, 1.54) is 0 Å². The number of benzene rings is 1. The van der Waals surface area contributed by atoms with E-state index in [-0.39, 0.29) is 0 Å². The molecule has 2 aromatic rings. The SMILES string of the molecule is CNc1cccc(N(C)c2ccc(C(C)C)nn2)c1. The van der Waals surface area contributed by atoms with Gasteiger partial charge in [0.1, 0.15) is 0 Å². The van der Waals surface area contributed by atoms with Crippen LogP contribution in [0.4, 0.5) is 17.2 Å². The zero-order valence-electron chi connectivity index (χ0n) is 11.9. The zero-order chi connectivity index (χ0) is 13.8. The Balaban J connectivity index is 2.25. The van der Waals surface area contributed by atoms with Crippen LogP contribution in [0.2, 0.25) is 0 Å². The van der Waals surface area contributed by atoms with Crippen molar-refractivity contribution in [2.24, 2.45) is 0 Å². The van der Waals surface area contributed by atoms with Crippen molar-refractivity contribution in [3.63, 3.8) is 0 Å². The molecule has 0 atom stereocenters. The van der Waals surface area contributed by atoms with Gasteiger partial charge in [-0.05, 0) is 36.2 Å². The molecule has 0 unspecified atom stereocenters. The van der Waals surface area contributed by atoms with Crippen molar-refractivity contribution in [3.8, 4) is 0 Å². The molecule has 1 aromatic heterocycles. The first kappa shape index (κ1) is 13.3. The van der Waals surface area contributed by atoms with Gasteiger partial charge in [-0.1, -0.05) is 19.9 Å². The normalized spacial score (nSPS) is 10.6. The first-order valence-electron chi connectivity index (χ1n) is 6.47. The van der Waals surface area contributed by atoms with Gasteiger partial charge >= 0.3 is 0 Å². The fourth-order valence-corrected chi connectivity index (χ4v) is 1.82. The highest BCUT2D eigenvalue weighted by atomic mass is 15.2. The summed E-state index contributed by atoms with van der Waals surface area (Å²) in [5.74, 6) is 1.25. The molecular formula is C15H20N4. The third kappa shape index (κ3) is 3.02. The largest absolute Gasteiger partial charge is 0.388 e. The maximum atomic E-state index is 4.29. The Morgan fingerprint density at radius 3 is 2.47 bits per heavy atom. The summed E-state index contributed by atoms with van der Waals surface area (Å²) in [5.41, 5.74) is 3.18. The molecule has 4 nitrogen and oxygen atoms in total. The number of anilines is 3. The molecule has 0 saturated carbocycles. The van der Waals surface area contributed by atoms with Gasteiger partial charge in [-0.15, -0.1) is 5.10 Å². The summed E-state index contributed by atoms with van der Waals surface area (Å²) in [6, 6.07) is 12.2. The average molecular weight is 256 g/mol. The van der Waals surface area contributed by atoms with Gasteiger partial charge in [0.05, 0.1) is 5.69 Å². The standard InChI is InChI=1S/C15H20N4/c1-11(2)14-8-9-15(18-17-14)19(4)13-7-5-6-12(10-13)16-3/h5-11,16H,1-4H3. The topological polar surface area (TPSA) is 41.0 Å². The van der Waals surface area contributed by atoms with Gasteiger partial charge in [-0.25, -0.2) is 0 Å². The highest BCUT2D eigenvalue weighted by Gasteiger charge is 2.08. The van der Waals surface area contributed by atoms with Crippen molar-refractivity contribution in [1.82, 2.24) is 10.2 Å². The van der Waals surface area contributed by atoms with E-state index in [0.717, 1.165) is 22.9 Å². The van der Waals surface area contributed by atoms with E-state index in [1.807, 2.05) is 43.3 Å². The second-order valence-corrected chi connectivity index (χ2v) is 4.83. The third-order valence-corrected chi connectivity index (χ3v) is 3.13. The summed E-state index contributed by atoms with van der Waals surface area (Å²) < 4.78 is 0. The second-order valence-electron chi connectivity index (χ2n) is 4.83. The van der Waals surface area contributed by atoms with E-state index in [0.29, 0.717) is 5.92 Å². The molecule has 0 aliphatic heterocycles. The smallest absolute Gasteiger partial charge is 0.155 e. The molecule has 0 spiro atoms. The van der Waals surface area contributed by atoms with Gasteiger partial charge < -0.3 is 10.2 Å². The van der Waals surface area contributed by atoms with Crippen LogP contribution in [-0.4, -0.2) is 24.3 Å². The van der Waals surface area contributed by atoms with E-state index in [2.05, 4.69) is 41.5 Å². The predicted octanol–water partition coefficient (Wildman–Crippen LogP) is 3.41. The minimum Gasteiger partial charge on any atom is -0.388 e. The van der Waals surface area contributed by atoms with Crippen LogP contribution < -0.4 is 10.2 Å². The molecule has 1 N–H and O–H groups in total. The Kier molecular flexibility index (Phi) is 4.00. The molecule has 0 saturated heterocycles. The molecule has 1 aromatic carbocycles. The third-order valence-electron chi connectivity index (χ3n) is 3.13. The molecule has 2 rings (SSSR count). The summed E-state index contributed by atoms with van der Waals surface area (Å²) in [6.07, 6.45) is 0. The fraction of sp³-hybridized carbons (Fsp3) is 0.333. The average Bonchev–Trinajstić information content (AvgIpc) is 2.46. The molecule has 0 bridgehead atoms. The Hall–Kier alpha value is -2.10. The Morgan fingerprint density at radius 2 is 1.89 bits per heavy atom. The zero-order valence-corrected chi connectivity index (χ0v) is 11.9. The first-order chi connectivity index (χ1) is 9.11. The number of hydrogen-bond acceptors (Lipinski definition) is 4. The van der Waals surface area contributed by atoms with Crippen molar-refractivity contribution < 1.29 is 0 Å². The summed E-state index contributed by atoms with van der Waals surface area (Å²) in [6.45, 7) is 4.23. The van der Waals surface area contributed by atoms with Crippen molar-refractivity contribution in [2.75, 3.05) is 24.3 Å². The molecule has 19 heavy (non-hydrogen) atoms. The molecule has 0 aliphatic rings. The van der Waals surface area contributed by atoms with Gasteiger partial charge in [0, 0.05) is 25.5 Å². The molecule has 1 heterocycles. The molecular weight excluding hydrogens is 236 g/mol. The van der Waals surface area contributed by atoms with E-state index in [4.69, 9.17) is 0 Å². The lowest BCUT2D eigenvalue weighted by Gasteiger charge is -2.19. The van der Waals surface area contributed by atoms with Crippen LogP contribution >= 0.6 is 0 Å². The lowest BCUT2D eigenvalue weighted by molar-refractivity contribution is 0.783. The van der Waals surface area contributed by atoms with E-state index < -0.39 is 0 Å². The van der Waals surface area contributed by atoms with Crippen LogP contribution in [0.15, 0.2) is 36.4 Å². The summed E-state index contributed by atoms with van der Waals surface area (Å²) in [4.78, 5) is 2.03. The highest BCUT2D eigenvalue weighted by molar-refractivity contribution is 5.64. The number of nitrogens with zero attached hydrogens (tertiary/aromatic N) is 3. The number of nitrogens with one attached hydrogen (secondary N) is 1. The lowest BCUT2D eigenvalue weighted by atomic mass is 10.1. The lowest BCUT2D eigenvalue weighted by Crippen LogP contribution is -2.12.